The van der Waals surface area contributed by atoms with Crippen LogP contribution in [0.1, 0.15) is 5.82 Å². The molecule has 1 aromatic carbocycles. The van der Waals surface area contributed by atoms with Crippen molar-refractivity contribution in [3.63, 3.8) is 0 Å². The summed E-state index contributed by atoms with van der Waals surface area (Å²) < 4.78 is 49.8. The van der Waals surface area contributed by atoms with E-state index in [0.717, 1.165) is 6.07 Å². The monoisotopic (exact) mass is 302 g/mol. The van der Waals surface area contributed by atoms with Gasteiger partial charge in [-0.15, -0.1) is 0 Å². The fourth-order valence-corrected chi connectivity index (χ4v) is 2.52. The predicted molar refractivity (Wildman–Crippen MR) is 68.0 cm³/mol. The summed E-state index contributed by atoms with van der Waals surface area (Å²) in [5.41, 5.74) is 0.107. The number of para-hydroxylation sites is 1. The van der Waals surface area contributed by atoms with Crippen molar-refractivity contribution in [1.82, 2.24) is 14.8 Å². The standard InChI is InChI=1S/C11H12F2N4O2S/c1-17-10(15-7-16-17)6-14-8-4-2-3-5-9(8)20(18,19)11(12)13/h2-5,7,11,14H,6H2,1H3. The van der Waals surface area contributed by atoms with Crippen LogP contribution < -0.4 is 5.32 Å². The van der Waals surface area contributed by atoms with Crippen molar-refractivity contribution in [3.8, 4) is 0 Å². The highest BCUT2D eigenvalue weighted by Gasteiger charge is 2.28. The number of sulfone groups is 1. The number of hydrogen-bond donors (Lipinski definition) is 1. The normalized spacial score (nSPS) is 11.8. The minimum absolute atomic E-state index is 0.107. The molecule has 6 nitrogen and oxygen atoms in total. The SMILES string of the molecule is Cn1ncnc1CNc1ccccc1S(=O)(=O)C(F)F. The van der Waals surface area contributed by atoms with Crippen molar-refractivity contribution in [1.29, 1.82) is 0 Å². The molecule has 0 aliphatic carbocycles. The Balaban J connectivity index is 2.28. The smallest absolute Gasteiger partial charge is 0.341 e. The third-order valence-corrected chi connectivity index (χ3v) is 4.11. The maximum absolute atomic E-state index is 12.6. The summed E-state index contributed by atoms with van der Waals surface area (Å²) in [4.78, 5) is 3.52. The highest BCUT2D eigenvalue weighted by molar-refractivity contribution is 7.91. The third kappa shape index (κ3) is 2.77. The van der Waals surface area contributed by atoms with E-state index in [4.69, 9.17) is 0 Å². The van der Waals surface area contributed by atoms with Crippen LogP contribution in [0.15, 0.2) is 35.5 Å². The Bertz CT molecular complexity index is 700. The average molecular weight is 302 g/mol. The van der Waals surface area contributed by atoms with Crippen LogP contribution in [0, 0.1) is 0 Å². The summed E-state index contributed by atoms with van der Waals surface area (Å²) in [5.74, 6) is -2.91. The molecule has 0 bridgehead atoms. The second kappa shape index (κ2) is 5.53. The molecule has 0 saturated heterocycles. The van der Waals surface area contributed by atoms with Crippen molar-refractivity contribution in [2.75, 3.05) is 5.32 Å². The molecule has 1 heterocycles. The summed E-state index contributed by atoms with van der Waals surface area (Å²) >= 11 is 0. The molecule has 0 amide bonds. The maximum atomic E-state index is 12.6. The van der Waals surface area contributed by atoms with Crippen LogP contribution in [0.2, 0.25) is 0 Å². The second-order valence-electron chi connectivity index (χ2n) is 3.96. The summed E-state index contributed by atoms with van der Waals surface area (Å²) in [6.07, 6.45) is 1.35. The highest BCUT2D eigenvalue weighted by atomic mass is 32.2. The van der Waals surface area contributed by atoms with Crippen LogP contribution in [-0.4, -0.2) is 28.9 Å². The van der Waals surface area contributed by atoms with Gasteiger partial charge in [-0.1, -0.05) is 12.1 Å². The molecule has 9 heteroatoms. The average Bonchev–Trinajstić information content (AvgIpc) is 2.82. The van der Waals surface area contributed by atoms with Gasteiger partial charge in [0.05, 0.1) is 17.1 Å². The van der Waals surface area contributed by atoms with Crippen molar-refractivity contribution in [2.24, 2.45) is 7.05 Å². The molecule has 0 radical (unpaired) electrons. The van der Waals surface area contributed by atoms with Crippen molar-refractivity contribution in [3.05, 3.63) is 36.4 Å². The van der Waals surface area contributed by atoms with Gasteiger partial charge in [0, 0.05) is 7.05 Å². The zero-order valence-corrected chi connectivity index (χ0v) is 11.3. The number of rotatable bonds is 5. The molecule has 2 rings (SSSR count). The molecular weight excluding hydrogens is 290 g/mol. The molecule has 0 unspecified atom stereocenters. The number of hydrogen-bond acceptors (Lipinski definition) is 5. The lowest BCUT2D eigenvalue weighted by atomic mass is 10.3. The maximum Gasteiger partial charge on any atom is 0.341 e. The minimum atomic E-state index is -4.65. The molecule has 0 aliphatic heterocycles. The number of anilines is 1. The number of benzene rings is 1. The van der Waals surface area contributed by atoms with Crippen molar-refractivity contribution < 1.29 is 17.2 Å². The Hall–Kier alpha value is -2.03. The molecule has 0 aliphatic rings. The number of aryl methyl sites for hydroxylation is 1. The summed E-state index contributed by atoms with van der Waals surface area (Å²) in [6, 6.07) is 5.51. The summed E-state index contributed by atoms with van der Waals surface area (Å²) in [7, 11) is -2.97. The van der Waals surface area contributed by atoms with Gasteiger partial charge in [0.2, 0.25) is 9.84 Å². The summed E-state index contributed by atoms with van der Waals surface area (Å²) in [5, 5.41) is 6.64. The summed E-state index contributed by atoms with van der Waals surface area (Å²) in [6.45, 7) is 0.173. The zero-order valence-electron chi connectivity index (χ0n) is 10.5. The molecule has 0 fully saturated rings. The van der Waals surface area contributed by atoms with Gasteiger partial charge in [-0.05, 0) is 12.1 Å². The number of nitrogens with zero attached hydrogens (tertiary/aromatic N) is 3. The zero-order chi connectivity index (χ0) is 14.8. The highest BCUT2D eigenvalue weighted by Crippen LogP contribution is 2.26. The molecule has 0 saturated carbocycles. The van der Waals surface area contributed by atoms with E-state index in [-0.39, 0.29) is 12.2 Å². The van der Waals surface area contributed by atoms with Crippen LogP contribution >= 0.6 is 0 Å². The van der Waals surface area contributed by atoms with Gasteiger partial charge in [-0.25, -0.2) is 13.4 Å². The number of alkyl halides is 2. The molecule has 108 valence electrons. The molecular formula is C11H12F2N4O2S. The Morgan fingerprint density at radius 2 is 2.05 bits per heavy atom. The van der Waals surface area contributed by atoms with Gasteiger partial charge in [-0.2, -0.15) is 13.9 Å². The third-order valence-electron chi connectivity index (χ3n) is 2.67. The molecule has 0 spiro atoms. The van der Waals surface area contributed by atoms with Gasteiger partial charge >= 0.3 is 5.76 Å². The second-order valence-corrected chi connectivity index (χ2v) is 5.84. The number of halogens is 2. The number of aromatic nitrogens is 3. The van der Waals surface area contributed by atoms with E-state index in [9.17, 15) is 17.2 Å². The Morgan fingerprint density at radius 1 is 1.35 bits per heavy atom. The van der Waals surface area contributed by atoms with Crippen LogP contribution in [0.5, 0.6) is 0 Å². The lowest BCUT2D eigenvalue weighted by Crippen LogP contribution is -2.15. The van der Waals surface area contributed by atoms with E-state index in [2.05, 4.69) is 15.4 Å². The van der Waals surface area contributed by atoms with Crippen LogP contribution in [0.4, 0.5) is 14.5 Å². The van der Waals surface area contributed by atoms with E-state index >= 15 is 0 Å². The fraction of sp³-hybridized carbons (Fsp3) is 0.273. The minimum Gasteiger partial charge on any atom is -0.377 e. The molecule has 2 aromatic rings. The Labute approximate surface area is 114 Å². The van der Waals surface area contributed by atoms with Crippen LogP contribution in [0.25, 0.3) is 0 Å². The van der Waals surface area contributed by atoms with Crippen molar-refractivity contribution in [2.45, 2.75) is 17.2 Å². The van der Waals surface area contributed by atoms with Gasteiger partial charge in [-0.3, -0.25) is 4.68 Å². The van der Waals surface area contributed by atoms with E-state index in [0.29, 0.717) is 5.82 Å². The van der Waals surface area contributed by atoms with Crippen LogP contribution in [-0.2, 0) is 23.4 Å². The van der Waals surface area contributed by atoms with E-state index in [1.165, 1.54) is 23.1 Å². The Morgan fingerprint density at radius 3 is 2.65 bits per heavy atom. The lowest BCUT2D eigenvalue weighted by Gasteiger charge is -2.11. The first-order valence-electron chi connectivity index (χ1n) is 5.60. The fourth-order valence-electron chi connectivity index (χ4n) is 1.61. The molecule has 20 heavy (non-hydrogen) atoms. The lowest BCUT2D eigenvalue weighted by molar-refractivity contribution is 0.235. The van der Waals surface area contributed by atoms with E-state index in [1.807, 2.05) is 0 Å². The van der Waals surface area contributed by atoms with E-state index in [1.54, 1.807) is 13.1 Å². The number of nitrogens with one attached hydrogen (secondary N) is 1. The first-order valence-corrected chi connectivity index (χ1v) is 7.15. The Kier molecular flexibility index (Phi) is 3.98. The van der Waals surface area contributed by atoms with E-state index < -0.39 is 20.5 Å². The predicted octanol–water partition coefficient (Wildman–Crippen LogP) is 1.42. The van der Waals surface area contributed by atoms with Crippen molar-refractivity contribution >= 4 is 15.5 Å². The molecule has 0 atom stereocenters. The van der Waals surface area contributed by atoms with Gasteiger partial charge in [0.15, 0.2) is 0 Å². The van der Waals surface area contributed by atoms with Crippen LogP contribution in [0.3, 0.4) is 0 Å². The van der Waals surface area contributed by atoms with Gasteiger partial charge < -0.3 is 5.32 Å². The molecule has 1 N–H and O–H groups in total. The first kappa shape index (κ1) is 14.4. The van der Waals surface area contributed by atoms with Gasteiger partial charge in [0.1, 0.15) is 12.2 Å². The quantitative estimate of drug-likeness (QED) is 0.904. The first-order chi connectivity index (χ1) is 9.43. The van der Waals surface area contributed by atoms with Gasteiger partial charge in [0.25, 0.3) is 0 Å². The molecule has 1 aromatic heterocycles. The topological polar surface area (TPSA) is 76.9 Å². The largest absolute Gasteiger partial charge is 0.377 e.